The van der Waals surface area contributed by atoms with Crippen LogP contribution in [0.4, 0.5) is 0 Å². The van der Waals surface area contributed by atoms with Gasteiger partial charge in [-0.15, -0.1) is 0 Å². The van der Waals surface area contributed by atoms with Gasteiger partial charge in [-0.1, -0.05) is 12.2 Å². The van der Waals surface area contributed by atoms with E-state index in [1.165, 1.54) is 11.8 Å². The van der Waals surface area contributed by atoms with Gasteiger partial charge in [0.1, 0.15) is 6.04 Å². The van der Waals surface area contributed by atoms with Gasteiger partial charge in [-0.2, -0.15) is 0 Å². The van der Waals surface area contributed by atoms with Crippen molar-refractivity contribution < 1.29 is 28.7 Å². The molecule has 2 aliphatic rings. The highest BCUT2D eigenvalue weighted by Crippen LogP contribution is 2.36. The van der Waals surface area contributed by atoms with Gasteiger partial charge in [-0.25, -0.2) is 4.79 Å². The van der Waals surface area contributed by atoms with Gasteiger partial charge in [0.25, 0.3) is 5.91 Å². The van der Waals surface area contributed by atoms with E-state index in [4.69, 9.17) is 4.74 Å². The molecule has 1 saturated heterocycles. The highest BCUT2D eigenvalue weighted by Gasteiger charge is 2.50. The van der Waals surface area contributed by atoms with Crippen LogP contribution in [0.3, 0.4) is 0 Å². The number of amides is 4. The number of hydrogen-bond donors (Lipinski definition) is 1. The lowest BCUT2D eigenvalue weighted by Gasteiger charge is -2.21. The third kappa shape index (κ3) is 4.09. The number of hydrogen-bond acceptors (Lipinski definition) is 6. The lowest BCUT2D eigenvalue weighted by molar-refractivity contribution is -0.159. The van der Waals surface area contributed by atoms with Crippen molar-refractivity contribution in [2.45, 2.75) is 25.8 Å². The molecule has 0 aromatic carbocycles. The SMILES string of the molecule is C[C@@H](C(=O)OCC(=O)NCC(=O)N(C)C)N1C(=O)[C@H]2CC=CC[C@H]2C1=O. The van der Waals surface area contributed by atoms with E-state index >= 15 is 0 Å². The second kappa shape index (κ2) is 8.11. The first-order chi connectivity index (χ1) is 12.2. The molecule has 1 N–H and O–H groups in total. The minimum atomic E-state index is -1.10. The van der Waals surface area contributed by atoms with E-state index in [-0.39, 0.29) is 24.3 Å². The van der Waals surface area contributed by atoms with E-state index in [2.05, 4.69) is 5.32 Å². The molecular weight excluding hydrogens is 342 g/mol. The van der Waals surface area contributed by atoms with Crippen molar-refractivity contribution in [1.29, 1.82) is 0 Å². The summed E-state index contributed by atoms with van der Waals surface area (Å²) in [5.41, 5.74) is 0. The number of nitrogens with one attached hydrogen (secondary N) is 1. The van der Waals surface area contributed by atoms with Crippen LogP contribution in [0.2, 0.25) is 0 Å². The summed E-state index contributed by atoms with van der Waals surface area (Å²) in [6, 6.07) is -1.10. The summed E-state index contributed by atoms with van der Waals surface area (Å²) in [7, 11) is 3.10. The molecule has 4 amide bonds. The molecule has 1 aliphatic heterocycles. The minimum Gasteiger partial charge on any atom is -0.454 e. The van der Waals surface area contributed by atoms with E-state index in [0.29, 0.717) is 12.8 Å². The van der Waals surface area contributed by atoms with Crippen LogP contribution < -0.4 is 5.32 Å². The number of carbonyl (C=O) groups excluding carboxylic acids is 5. The molecule has 1 heterocycles. The molecular formula is C17H23N3O6. The predicted octanol–water partition coefficient (Wildman–Crippen LogP) is -0.926. The second-order valence-electron chi connectivity index (χ2n) is 6.55. The summed E-state index contributed by atoms with van der Waals surface area (Å²) < 4.78 is 4.88. The van der Waals surface area contributed by atoms with Gasteiger partial charge in [0.15, 0.2) is 6.61 Å². The number of likely N-dealkylation sites (N-methyl/N-ethyl adjacent to an activating group) is 1. The van der Waals surface area contributed by atoms with Crippen molar-refractivity contribution in [3.05, 3.63) is 12.2 Å². The standard InChI is InChI=1S/C17H23N3O6/c1-10(17(25)26-9-13(21)18-8-14(22)19(2)3)20-15(23)11-6-4-5-7-12(11)16(20)24/h4-5,10-12H,6-9H2,1-3H3,(H,18,21)/t10-,11-,12+/m0/s1. The van der Waals surface area contributed by atoms with Crippen molar-refractivity contribution in [1.82, 2.24) is 15.1 Å². The topological polar surface area (TPSA) is 113 Å². The third-order valence-electron chi connectivity index (χ3n) is 4.55. The summed E-state index contributed by atoms with van der Waals surface area (Å²) in [5.74, 6) is -3.40. The Labute approximate surface area is 151 Å². The first-order valence-electron chi connectivity index (χ1n) is 8.39. The molecule has 0 spiro atoms. The zero-order valence-corrected chi connectivity index (χ0v) is 15.1. The monoisotopic (exact) mass is 365 g/mol. The summed E-state index contributed by atoms with van der Waals surface area (Å²) in [4.78, 5) is 62.2. The van der Waals surface area contributed by atoms with Gasteiger partial charge in [0.05, 0.1) is 18.4 Å². The van der Waals surface area contributed by atoms with Crippen molar-refractivity contribution in [3.8, 4) is 0 Å². The largest absolute Gasteiger partial charge is 0.454 e. The van der Waals surface area contributed by atoms with Crippen LogP contribution in [0.25, 0.3) is 0 Å². The number of rotatable bonds is 6. The van der Waals surface area contributed by atoms with Crippen LogP contribution in [0.5, 0.6) is 0 Å². The number of carbonyl (C=O) groups is 5. The normalized spacial score (nSPS) is 22.7. The van der Waals surface area contributed by atoms with Crippen molar-refractivity contribution >= 4 is 29.6 Å². The van der Waals surface area contributed by atoms with E-state index in [1.807, 2.05) is 12.2 Å². The Balaban J connectivity index is 1.86. The lowest BCUT2D eigenvalue weighted by Crippen LogP contribution is -2.45. The number of allylic oxidation sites excluding steroid dienone is 2. The average Bonchev–Trinajstić information content (AvgIpc) is 2.88. The maximum absolute atomic E-state index is 12.4. The number of fused-ring (bicyclic) bond motifs is 1. The Morgan fingerprint density at radius 1 is 1.19 bits per heavy atom. The van der Waals surface area contributed by atoms with E-state index in [0.717, 1.165) is 4.90 Å². The van der Waals surface area contributed by atoms with Crippen LogP contribution in [0.1, 0.15) is 19.8 Å². The van der Waals surface area contributed by atoms with Crippen LogP contribution >= 0.6 is 0 Å². The van der Waals surface area contributed by atoms with Gasteiger partial charge >= 0.3 is 5.97 Å². The molecule has 0 aromatic rings. The summed E-state index contributed by atoms with van der Waals surface area (Å²) in [5, 5.41) is 2.32. The molecule has 9 heteroatoms. The Morgan fingerprint density at radius 2 is 1.73 bits per heavy atom. The van der Waals surface area contributed by atoms with Gasteiger partial charge in [-0.3, -0.25) is 24.1 Å². The van der Waals surface area contributed by atoms with E-state index in [1.54, 1.807) is 14.1 Å². The van der Waals surface area contributed by atoms with E-state index < -0.39 is 36.4 Å². The average molecular weight is 365 g/mol. The lowest BCUT2D eigenvalue weighted by atomic mass is 9.85. The molecule has 2 rings (SSSR count). The highest BCUT2D eigenvalue weighted by molar-refractivity contribution is 6.08. The Hall–Kier alpha value is -2.71. The van der Waals surface area contributed by atoms with Crippen LogP contribution in [-0.4, -0.2) is 72.7 Å². The molecule has 0 radical (unpaired) electrons. The summed E-state index contributed by atoms with van der Waals surface area (Å²) in [6.07, 6.45) is 4.68. The molecule has 1 fully saturated rings. The molecule has 0 bridgehead atoms. The second-order valence-corrected chi connectivity index (χ2v) is 6.55. The number of esters is 1. The summed E-state index contributed by atoms with van der Waals surface area (Å²) >= 11 is 0. The number of imide groups is 1. The maximum atomic E-state index is 12.4. The van der Waals surface area contributed by atoms with Crippen LogP contribution in [0, 0.1) is 11.8 Å². The number of nitrogens with zero attached hydrogens (tertiary/aromatic N) is 2. The maximum Gasteiger partial charge on any atom is 0.329 e. The van der Waals surface area contributed by atoms with Crippen LogP contribution in [0.15, 0.2) is 12.2 Å². The van der Waals surface area contributed by atoms with Gasteiger partial charge in [-0.05, 0) is 19.8 Å². The first kappa shape index (κ1) is 19.6. The smallest absolute Gasteiger partial charge is 0.329 e. The first-order valence-corrected chi connectivity index (χ1v) is 8.39. The Bertz CT molecular complexity index is 631. The van der Waals surface area contributed by atoms with Crippen LogP contribution in [-0.2, 0) is 28.7 Å². The zero-order valence-electron chi connectivity index (χ0n) is 15.1. The summed E-state index contributed by atoms with van der Waals surface area (Å²) in [6.45, 7) is 0.600. The van der Waals surface area contributed by atoms with Gasteiger partial charge in [0, 0.05) is 14.1 Å². The molecule has 9 nitrogen and oxygen atoms in total. The van der Waals surface area contributed by atoms with E-state index in [9.17, 15) is 24.0 Å². The number of ether oxygens (including phenoxy) is 1. The van der Waals surface area contributed by atoms with Gasteiger partial charge in [0.2, 0.25) is 17.7 Å². The fraction of sp³-hybridized carbons (Fsp3) is 0.588. The van der Waals surface area contributed by atoms with Gasteiger partial charge < -0.3 is 15.0 Å². The number of likely N-dealkylation sites (tertiary alicyclic amines) is 1. The Kier molecular flexibility index (Phi) is 6.12. The molecule has 142 valence electrons. The highest BCUT2D eigenvalue weighted by atomic mass is 16.5. The molecule has 0 saturated carbocycles. The molecule has 1 aliphatic carbocycles. The fourth-order valence-electron chi connectivity index (χ4n) is 2.95. The van der Waals surface area contributed by atoms with Crippen molar-refractivity contribution in [2.75, 3.05) is 27.2 Å². The zero-order chi connectivity index (χ0) is 19.4. The molecule has 3 atom stereocenters. The fourth-order valence-corrected chi connectivity index (χ4v) is 2.95. The van der Waals surface area contributed by atoms with Crippen molar-refractivity contribution in [3.63, 3.8) is 0 Å². The Morgan fingerprint density at radius 3 is 2.23 bits per heavy atom. The van der Waals surface area contributed by atoms with Crippen molar-refractivity contribution in [2.24, 2.45) is 11.8 Å². The quantitative estimate of drug-likeness (QED) is 0.370. The molecule has 26 heavy (non-hydrogen) atoms. The molecule has 0 aromatic heterocycles. The molecule has 0 unspecified atom stereocenters. The third-order valence-corrected chi connectivity index (χ3v) is 4.55. The predicted molar refractivity (Wildman–Crippen MR) is 89.3 cm³/mol. The minimum absolute atomic E-state index is 0.210.